The molecule has 3 rings (SSSR count). The molecule has 0 saturated carbocycles. The summed E-state index contributed by atoms with van der Waals surface area (Å²) in [6.07, 6.45) is 1.04. The molecule has 0 fully saturated rings. The molecule has 1 N–H and O–H groups in total. The van der Waals surface area contributed by atoms with Gasteiger partial charge in [0.15, 0.2) is 0 Å². The summed E-state index contributed by atoms with van der Waals surface area (Å²) in [6, 6.07) is 16.5. The van der Waals surface area contributed by atoms with Gasteiger partial charge in [-0.3, -0.25) is 10.1 Å². The molecule has 0 bridgehead atoms. The highest BCUT2D eigenvalue weighted by molar-refractivity contribution is 7.18. The molecular formula is C22H27N3OS. The number of amides is 1. The number of carbonyl (C=O) groups excluding carboxylic acids is 1. The Morgan fingerprint density at radius 2 is 1.85 bits per heavy atom. The number of nitrogens with zero attached hydrogens (tertiary/aromatic N) is 2. The predicted molar refractivity (Wildman–Crippen MR) is 113 cm³/mol. The molecule has 2 atom stereocenters. The van der Waals surface area contributed by atoms with Crippen LogP contribution in [0.4, 0.5) is 0 Å². The zero-order chi connectivity index (χ0) is 19.4. The average molecular weight is 382 g/mol. The smallest absolute Gasteiger partial charge is 0.239 e. The van der Waals surface area contributed by atoms with Crippen molar-refractivity contribution in [2.75, 3.05) is 7.05 Å². The van der Waals surface area contributed by atoms with Crippen LogP contribution in [-0.2, 0) is 17.8 Å². The molecule has 2 unspecified atom stereocenters. The SMILES string of the molecule is CCc1ccc(C(C)NC(C)C(=O)N(C)Cc2nc3ccccc3s2)cc1. The molecule has 4 nitrogen and oxygen atoms in total. The van der Waals surface area contributed by atoms with Gasteiger partial charge in [-0.2, -0.15) is 0 Å². The van der Waals surface area contributed by atoms with Crippen molar-refractivity contribution in [2.24, 2.45) is 0 Å². The highest BCUT2D eigenvalue weighted by atomic mass is 32.1. The van der Waals surface area contributed by atoms with E-state index < -0.39 is 0 Å². The Bertz CT molecular complexity index is 870. The summed E-state index contributed by atoms with van der Waals surface area (Å²) in [5, 5.41) is 4.38. The number of thiazole rings is 1. The Morgan fingerprint density at radius 1 is 1.15 bits per heavy atom. The number of nitrogens with one attached hydrogen (secondary N) is 1. The first kappa shape index (κ1) is 19.5. The Kier molecular flexibility index (Phi) is 6.24. The minimum absolute atomic E-state index is 0.0753. The molecule has 3 aromatic rings. The number of para-hydroxylation sites is 1. The van der Waals surface area contributed by atoms with Gasteiger partial charge in [0.25, 0.3) is 0 Å². The van der Waals surface area contributed by atoms with Crippen molar-refractivity contribution >= 4 is 27.5 Å². The number of fused-ring (bicyclic) bond motifs is 1. The minimum atomic E-state index is -0.259. The van der Waals surface area contributed by atoms with E-state index in [0.29, 0.717) is 6.54 Å². The summed E-state index contributed by atoms with van der Waals surface area (Å²) in [6.45, 7) is 6.70. The first-order valence-corrected chi connectivity index (χ1v) is 10.2. The van der Waals surface area contributed by atoms with Crippen LogP contribution in [-0.4, -0.2) is 28.9 Å². The van der Waals surface area contributed by atoms with Crippen LogP contribution in [0, 0.1) is 0 Å². The normalized spacial score (nSPS) is 13.5. The minimum Gasteiger partial charge on any atom is -0.338 e. The fraction of sp³-hybridized carbons (Fsp3) is 0.364. The average Bonchev–Trinajstić information content (AvgIpc) is 3.09. The number of aryl methyl sites for hydroxylation is 1. The molecule has 1 aromatic heterocycles. The van der Waals surface area contributed by atoms with E-state index in [2.05, 4.69) is 54.5 Å². The van der Waals surface area contributed by atoms with Crippen molar-refractivity contribution in [3.8, 4) is 0 Å². The molecule has 0 aliphatic heterocycles. The largest absolute Gasteiger partial charge is 0.338 e. The Labute approximate surface area is 165 Å². The monoisotopic (exact) mass is 381 g/mol. The third-order valence-corrected chi connectivity index (χ3v) is 5.87. The number of benzene rings is 2. The molecule has 0 saturated heterocycles. The second-order valence-corrected chi connectivity index (χ2v) is 8.09. The fourth-order valence-electron chi connectivity index (χ4n) is 3.18. The van der Waals surface area contributed by atoms with Crippen LogP contribution in [0.25, 0.3) is 10.2 Å². The lowest BCUT2D eigenvalue weighted by Crippen LogP contribution is -2.43. The molecule has 0 aliphatic rings. The maximum Gasteiger partial charge on any atom is 0.239 e. The number of hydrogen-bond acceptors (Lipinski definition) is 4. The summed E-state index contributed by atoms with van der Waals surface area (Å²) in [5.41, 5.74) is 3.51. The molecule has 0 spiro atoms. The summed E-state index contributed by atoms with van der Waals surface area (Å²) in [7, 11) is 1.84. The van der Waals surface area contributed by atoms with Gasteiger partial charge >= 0.3 is 0 Å². The van der Waals surface area contributed by atoms with Crippen LogP contribution in [0.2, 0.25) is 0 Å². The highest BCUT2D eigenvalue weighted by Crippen LogP contribution is 2.22. The first-order valence-electron chi connectivity index (χ1n) is 9.42. The molecule has 0 aliphatic carbocycles. The number of hydrogen-bond donors (Lipinski definition) is 1. The van der Waals surface area contributed by atoms with Crippen molar-refractivity contribution in [1.29, 1.82) is 0 Å². The van der Waals surface area contributed by atoms with Gasteiger partial charge in [0, 0.05) is 13.1 Å². The van der Waals surface area contributed by atoms with Gasteiger partial charge in [-0.25, -0.2) is 4.98 Å². The maximum atomic E-state index is 12.8. The van der Waals surface area contributed by atoms with E-state index in [1.165, 1.54) is 11.1 Å². The Hall–Kier alpha value is -2.24. The number of rotatable bonds is 7. The third-order valence-electron chi connectivity index (χ3n) is 4.85. The van der Waals surface area contributed by atoms with E-state index in [1.807, 2.05) is 32.2 Å². The third kappa shape index (κ3) is 4.73. The summed E-state index contributed by atoms with van der Waals surface area (Å²) in [4.78, 5) is 19.1. The highest BCUT2D eigenvalue weighted by Gasteiger charge is 2.21. The number of aromatic nitrogens is 1. The van der Waals surface area contributed by atoms with Crippen molar-refractivity contribution < 1.29 is 4.79 Å². The molecule has 2 aromatic carbocycles. The van der Waals surface area contributed by atoms with Crippen LogP contribution < -0.4 is 5.32 Å². The van der Waals surface area contributed by atoms with E-state index in [9.17, 15) is 4.79 Å². The van der Waals surface area contributed by atoms with E-state index in [1.54, 1.807) is 16.2 Å². The Balaban J connectivity index is 1.59. The van der Waals surface area contributed by atoms with Gasteiger partial charge in [-0.05, 0) is 43.5 Å². The van der Waals surface area contributed by atoms with Crippen LogP contribution >= 0.6 is 11.3 Å². The van der Waals surface area contributed by atoms with Crippen molar-refractivity contribution in [1.82, 2.24) is 15.2 Å². The predicted octanol–water partition coefficient (Wildman–Crippen LogP) is 4.56. The second-order valence-electron chi connectivity index (χ2n) is 6.97. The number of carbonyl (C=O) groups is 1. The number of likely N-dealkylation sites (N-methyl/N-ethyl adjacent to an activating group) is 1. The lowest BCUT2D eigenvalue weighted by atomic mass is 10.0. The lowest BCUT2D eigenvalue weighted by molar-refractivity contribution is -0.132. The van der Waals surface area contributed by atoms with Crippen molar-refractivity contribution in [3.05, 3.63) is 64.7 Å². The second kappa shape index (κ2) is 8.63. The van der Waals surface area contributed by atoms with E-state index >= 15 is 0 Å². The molecular weight excluding hydrogens is 354 g/mol. The topological polar surface area (TPSA) is 45.2 Å². The van der Waals surface area contributed by atoms with Crippen LogP contribution in [0.5, 0.6) is 0 Å². The Morgan fingerprint density at radius 3 is 2.52 bits per heavy atom. The molecule has 0 radical (unpaired) electrons. The van der Waals surface area contributed by atoms with Crippen molar-refractivity contribution in [2.45, 2.75) is 45.8 Å². The van der Waals surface area contributed by atoms with Gasteiger partial charge in [0.1, 0.15) is 5.01 Å². The van der Waals surface area contributed by atoms with E-state index in [0.717, 1.165) is 21.6 Å². The van der Waals surface area contributed by atoms with Crippen LogP contribution in [0.3, 0.4) is 0 Å². The van der Waals surface area contributed by atoms with E-state index in [4.69, 9.17) is 0 Å². The fourth-order valence-corrected chi connectivity index (χ4v) is 4.20. The lowest BCUT2D eigenvalue weighted by Gasteiger charge is -2.24. The van der Waals surface area contributed by atoms with Crippen LogP contribution in [0.1, 0.15) is 42.9 Å². The maximum absolute atomic E-state index is 12.8. The molecule has 27 heavy (non-hydrogen) atoms. The summed E-state index contributed by atoms with van der Waals surface area (Å²) < 4.78 is 1.16. The van der Waals surface area contributed by atoms with Crippen LogP contribution in [0.15, 0.2) is 48.5 Å². The molecule has 1 amide bonds. The van der Waals surface area contributed by atoms with Crippen molar-refractivity contribution in [3.63, 3.8) is 0 Å². The van der Waals surface area contributed by atoms with Gasteiger partial charge in [0.2, 0.25) is 5.91 Å². The first-order chi connectivity index (χ1) is 13.0. The van der Waals surface area contributed by atoms with Gasteiger partial charge in [-0.15, -0.1) is 11.3 Å². The zero-order valence-corrected chi connectivity index (χ0v) is 17.2. The quantitative estimate of drug-likeness (QED) is 0.653. The van der Waals surface area contributed by atoms with E-state index in [-0.39, 0.29) is 18.0 Å². The zero-order valence-electron chi connectivity index (χ0n) is 16.4. The molecule has 5 heteroatoms. The van der Waals surface area contributed by atoms with Gasteiger partial charge in [0.05, 0.1) is 22.8 Å². The van der Waals surface area contributed by atoms with Gasteiger partial charge < -0.3 is 4.90 Å². The standard InChI is InChI=1S/C22H27N3OS/c1-5-17-10-12-18(13-11-17)15(2)23-16(3)22(26)25(4)14-21-24-19-8-6-7-9-20(19)27-21/h6-13,15-16,23H,5,14H2,1-4H3. The molecule has 142 valence electrons. The molecule has 1 heterocycles. The van der Waals surface area contributed by atoms with Gasteiger partial charge in [-0.1, -0.05) is 43.3 Å². The summed E-state index contributed by atoms with van der Waals surface area (Å²) in [5.74, 6) is 0.0753. The summed E-state index contributed by atoms with van der Waals surface area (Å²) >= 11 is 1.64.